The number of hydrogen-bond donors (Lipinski definition) is 0. The molecule has 2 heterocycles. The summed E-state index contributed by atoms with van der Waals surface area (Å²) in [5.41, 5.74) is 17.8. The standard InChI is InChI=1S/C68H44N2O/c1-2-19-56-47(14-1)30-31-52-44-55(40-41-57(52)56)69(54-38-34-46(35-39-54)49-16-12-18-51(43-49)59-24-13-25-63-62-23-6-10-29-67(62)71-68(59)63)53-36-32-45(33-37-53)48-15-11-17-50(42-48)58-20-3-7-26-64(58)70-65-27-8-4-21-60(65)61-22-5-9-28-66(61)70/h1-44H. The Labute approximate surface area is 411 Å². The Balaban J connectivity index is 0.831. The number of para-hydroxylation sites is 5. The second-order valence-corrected chi connectivity index (χ2v) is 18.5. The van der Waals surface area contributed by atoms with E-state index in [9.17, 15) is 0 Å². The molecule has 14 aromatic rings. The van der Waals surface area contributed by atoms with E-state index in [0.717, 1.165) is 72.5 Å². The van der Waals surface area contributed by atoms with Crippen LogP contribution in [-0.4, -0.2) is 4.57 Å². The molecule has 14 rings (SSSR count). The van der Waals surface area contributed by atoms with Crippen molar-refractivity contribution in [1.29, 1.82) is 0 Å². The van der Waals surface area contributed by atoms with Gasteiger partial charge in [0.1, 0.15) is 11.2 Å². The SMILES string of the molecule is c1cc(-c2ccc(N(c3ccc(-c4cccc(-c5cccc6c5oc5ccccc56)c4)cc3)c3ccc4c(ccc5ccccc54)c3)cc2)cc(-c2ccccc2-n2c3ccccc3c3ccccc32)c1. The lowest BCUT2D eigenvalue weighted by Gasteiger charge is -2.26. The van der Waals surface area contributed by atoms with Crippen molar-refractivity contribution in [3.05, 3.63) is 267 Å². The number of furan rings is 1. The highest BCUT2D eigenvalue weighted by Crippen LogP contribution is 2.42. The molecule has 332 valence electrons. The minimum Gasteiger partial charge on any atom is -0.455 e. The van der Waals surface area contributed by atoms with Crippen LogP contribution >= 0.6 is 0 Å². The number of fused-ring (bicyclic) bond motifs is 9. The summed E-state index contributed by atoms with van der Waals surface area (Å²) in [6.45, 7) is 0. The van der Waals surface area contributed by atoms with Crippen molar-refractivity contribution in [2.75, 3.05) is 4.90 Å². The third-order valence-electron chi connectivity index (χ3n) is 14.4. The number of anilines is 3. The number of hydrogen-bond acceptors (Lipinski definition) is 2. The van der Waals surface area contributed by atoms with Crippen molar-refractivity contribution in [2.24, 2.45) is 0 Å². The number of benzene rings is 12. The van der Waals surface area contributed by atoms with Crippen molar-refractivity contribution in [3.8, 4) is 50.2 Å². The van der Waals surface area contributed by atoms with E-state index in [1.807, 2.05) is 12.1 Å². The minimum absolute atomic E-state index is 0.906. The Morgan fingerprint density at radius 2 is 0.775 bits per heavy atom. The maximum absolute atomic E-state index is 6.45. The molecule has 0 saturated heterocycles. The monoisotopic (exact) mass is 904 g/mol. The zero-order valence-electron chi connectivity index (χ0n) is 38.7. The van der Waals surface area contributed by atoms with Gasteiger partial charge in [0.05, 0.1) is 16.7 Å². The quantitative estimate of drug-likeness (QED) is 0.142. The summed E-state index contributed by atoms with van der Waals surface area (Å²) in [5, 5.41) is 9.74. The molecule has 3 heteroatoms. The Bertz CT molecular complexity index is 4290. The maximum Gasteiger partial charge on any atom is 0.143 e. The van der Waals surface area contributed by atoms with Crippen molar-refractivity contribution < 1.29 is 4.42 Å². The molecule has 12 aromatic carbocycles. The van der Waals surface area contributed by atoms with Crippen LogP contribution in [0.5, 0.6) is 0 Å². The lowest BCUT2D eigenvalue weighted by molar-refractivity contribution is 0.670. The molecule has 0 aliphatic heterocycles. The van der Waals surface area contributed by atoms with Crippen molar-refractivity contribution in [1.82, 2.24) is 4.57 Å². The number of nitrogens with zero attached hydrogens (tertiary/aromatic N) is 2. The normalized spacial score (nSPS) is 11.7. The fourth-order valence-electron chi connectivity index (χ4n) is 11.0. The molecule has 0 aliphatic rings. The van der Waals surface area contributed by atoms with Gasteiger partial charge in [-0.15, -0.1) is 0 Å². The van der Waals surface area contributed by atoms with Gasteiger partial charge in [-0.05, 0) is 128 Å². The van der Waals surface area contributed by atoms with Crippen LogP contribution in [0, 0.1) is 0 Å². The van der Waals surface area contributed by atoms with E-state index in [2.05, 4.69) is 264 Å². The highest BCUT2D eigenvalue weighted by atomic mass is 16.3. The number of aromatic nitrogens is 1. The van der Waals surface area contributed by atoms with Gasteiger partial charge in [-0.3, -0.25) is 0 Å². The van der Waals surface area contributed by atoms with Crippen LogP contribution < -0.4 is 4.90 Å². The molecular formula is C68H44N2O. The summed E-state index contributed by atoms with van der Waals surface area (Å²) in [4.78, 5) is 2.37. The highest BCUT2D eigenvalue weighted by molar-refractivity contribution is 6.11. The van der Waals surface area contributed by atoms with Crippen LogP contribution in [0.3, 0.4) is 0 Å². The molecule has 0 amide bonds. The first kappa shape index (κ1) is 40.6. The fourth-order valence-corrected chi connectivity index (χ4v) is 11.0. The first-order valence-electron chi connectivity index (χ1n) is 24.3. The minimum atomic E-state index is 0.906. The molecule has 0 spiro atoms. The Morgan fingerprint density at radius 3 is 1.48 bits per heavy atom. The second-order valence-electron chi connectivity index (χ2n) is 18.5. The van der Waals surface area contributed by atoms with E-state index >= 15 is 0 Å². The van der Waals surface area contributed by atoms with Gasteiger partial charge >= 0.3 is 0 Å². The van der Waals surface area contributed by atoms with Gasteiger partial charge in [0.15, 0.2) is 0 Å². The van der Waals surface area contributed by atoms with Crippen molar-refractivity contribution in [2.45, 2.75) is 0 Å². The molecule has 0 fully saturated rings. The van der Waals surface area contributed by atoms with Gasteiger partial charge in [-0.1, -0.05) is 194 Å². The van der Waals surface area contributed by atoms with E-state index < -0.39 is 0 Å². The predicted octanol–water partition coefficient (Wildman–Crippen LogP) is 19.1. The van der Waals surface area contributed by atoms with Crippen LogP contribution in [0.15, 0.2) is 271 Å². The molecule has 0 N–H and O–H groups in total. The first-order chi connectivity index (χ1) is 35.2. The van der Waals surface area contributed by atoms with Crippen molar-refractivity contribution in [3.63, 3.8) is 0 Å². The van der Waals surface area contributed by atoms with E-state index in [-0.39, 0.29) is 0 Å². The first-order valence-corrected chi connectivity index (χ1v) is 24.3. The Hall–Kier alpha value is -9.44. The van der Waals surface area contributed by atoms with Crippen LogP contribution in [0.2, 0.25) is 0 Å². The van der Waals surface area contributed by atoms with Gasteiger partial charge in [0.25, 0.3) is 0 Å². The van der Waals surface area contributed by atoms with E-state index in [1.54, 1.807) is 0 Å². The molecule has 0 saturated carbocycles. The van der Waals surface area contributed by atoms with Crippen LogP contribution in [0.25, 0.3) is 115 Å². The Morgan fingerprint density at radius 1 is 0.282 bits per heavy atom. The third kappa shape index (κ3) is 6.89. The predicted molar refractivity (Wildman–Crippen MR) is 299 cm³/mol. The second kappa shape index (κ2) is 16.7. The molecule has 0 aliphatic carbocycles. The molecule has 71 heavy (non-hydrogen) atoms. The maximum atomic E-state index is 6.45. The lowest BCUT2D eigenvalue weighted by atomic mass is 9.97. The highest BCUT2D eigenvalue weighted by Gasteiger charge is 2.18. The van der Waals surface area contributed by atoms with Gasteiger partial charge < -0.3 is 13.9 Å². The van der Waals surface area contributed by atoms with E-state index in [1.165, 1.54) is 60.0 Å². The summed E-state index contributed by atoms with van der Waals surface area (Å²) in [5.74, 6) is 0. The van der Waals surface area contributed by atoms with Gasteiger partial charge in [-0.25, -0.2) is 0 Å². The number of rotatable bonds is 8. The molecule has 0 bridgehead atoms. The summed E-state index contributed by atoms with van der Waals surface area (Å²) in [7, 11) is 0. The van der Waals surface area contributed by atoms with E-state index in [0.29, 0.717) is 0 Å². The largest absolute Gasteiger partial charge is 0.455 e. The van der Waals surface area contributed by atoms with Crippen LogP contribution in [-0.2, 0) is 0 Å². The smallest absolute Gasteiger partial charge is 0.143 e. The van der Waals surface area contributed by atoms with Crippen LogP contribution in [0.1, 0.15) is 0 Å². The molecule has 3 nitrogen and oxygen atoms in total. The summed E-state index contributed by atoms with van der Waals surface area (Å²) in [6.07, 6.45) is 0. The zero-order valence-corrected chi connectivity index (χ0v) is 38.7. The average Bonchev–Trinajstić information content (AvgIpc) is 4.00. The van der Waals surface area contributed by atoms with Crippen LogP contribution in [0.4, 0.5) is 17.1 Å². The fraction of sp³-hybridized carbons (Fsp3) is 0. The molecule has 0 atom stereocenters. The Kier molecular flexibility index (Phi) is 9.53. The molecule has 0 radical (unpaired) electrons. The van der Waals surface area contributed by atoms with Gasteiger partial charge in [0.2, 0.25) is 0 Å². The molecule has 2 aromatic heterocycles. The van der Waals surface area contributed by atoms with Gasteiger partial charge in [-0.2, -0.15) is 0 Å². The molecule has 0 unspecified atom stereocenters. The van der Waals surface area contributed by atoms with Crippen molar-refractivity contribution >= 4 is 82.4 Å². The average molecular weight is 905 g/mol. The lowest BCUT2D eigenvalue weighted by Crippen LogP contribution is -2.09. The summed E-state index contributed by atoms with van der Waals surface area (Å²) >= 11 is 0. The van der Waals surface area contributed by atoms with Gasteiger partial charge in [0, 0.05) is 49.7 Å². The third-order valence-corrected chi connectivity index (χ3v) is 14.4. The summed E-state index contributed by atoms with van der Waals surface area (Å²) in [6, 6.07) is 96.7. The van der Waals surface area contributed by atoms with E-state index in [4.69, 9.17) is 4.42 Å². The zero-order chi connectivity index (χ0) is 46.8. The topological polar surface area (TPSA) is 21.3 Å². The summed E-state index contributed by atoms with van der Waals surface area (Å²) < 4.78 is 8.86. The molecular weight excluding hydrogens is 861 g/mol.